The number of ether oxygens (including phenoxy) is 2. The molecule has 0 radical (unpaired) electrons. The number of thiol groups is 1. The molecule has 3 amide bonds. The summed E-state index contributed by atoms with van der Waals surface area (Å²) in [5, 5.41) is 2.43. The molecule has 0 rings (SSSR count). The highest BCUT2D eigenvalue weighted by molar-refractivity contribution is 7.80. The van der Waals surface area contributed by atoms with Crippen molar-refractivity contribution in [3.8, 4) is 0 Å². The second-order valence-corrected chi connectivity index (χ2v) is 7.28. The first-order chi connectivity index (χ1) is 13.4. The zero-order chi connectivity index (χ0) is 22.7. The summed E-state index contributed by atoms with van der Waals surface area (Å²) in [6.45, 7) is 7.18. The minimum absolute atomic E-state index is 0.0159. The van der Waals surface area contributed by atoms with Gasteiger partial charge in [-0.3, -0.25) is 28.9 Å². The Balaban J connectivity index is 4.85. The van der Waals surface area contributed by atoms with Crippen LogP contribution in [0.5, 0.6) is 0 Å². The summed E-state index contributed by atoms with van der Waals surface area (Å²) in [6, 6.07) is -2.12. The normalized spacial score (nSPS) is 12.9. The molecule has 0 heterocycles. The number of carbonyl (C=O) groups is 5. The molecule has 0 aliphatic heterocycles. The minimum Gasteiger partial charge on any atom is -0.462 e. The molecule has 0 aliphatic carbocycles. The monoisotopic (exact) mass is 433 g/mol. The highest BCUT2D eigenvalue weighted by Crippen LogP contribution is 2.04. The fourth-order valence-corrected chi connectivity index (χ4v) is 2.39. The first kappa shape index (κ1) is 26.9. The molecule has 0 aromatic heterocycles. The predicted octanol–water partition coefficient (Wildman–Crippen LogP) is -0.213. The van der Waals surface area contributed by atoms with Crippen LogP contribution in [-0.4, -0.2) is 71.1 Å². The molecule has 0 fully saturated rings. The van der Waals surface area contributed by atoms with Crippen LogP contribution in [0.3, 0.4) is 0 Å². The van der Waals surface area contributed by atoms with Gasteiger partial charge in [-0.25, -0.2) is 0 Å². The number of nitrogens with one attached hydrogen (secondary N) is 1. The third kappa shape index (κ3) is 10.8. The van der Waals surface area contributed by atoms with E-state index in [1.807, 2.05) is 0 Å². The Kier molecular flexibility index (Phi) is 12.2. The molecule has 166 valence electrons. The molecular formula is C18H31N3O7S. The lowest BCUT2D eigenvalue weighted by Gasteiger charge is -2.24. The van der Waals surface area contributed by atoms with Gasteiger partial charge in [0.2, 0.25) is 11.8 Å². The molecule has 0 aromatic carbocycles. The lowest BCUT2D eigenvalue weighted by atomic mass is 10.1. The molecule has 0 aromatic rings. The molecule has 0 saturated carbocycles. The van der Waals surface area contributed by atoms with Crippen molar-refractivity contribution in [2.75, 3.05) is 12.3 Å². The van der Waals surface area contributed by atoms with Gasteiger partial charge in [-0.05, 0) is 34.1 Å². The maximum absolute atomic E-state index is 12.6. The Morgan fingerprint density at radius 2 is 1.59 bits per heavy atom. The topological polar surface area (TPSA) is 145 Å². The van der Waals surface area contributed by atoms with E-state index in [2.05, 4.69) is 17.9 Å². The van der Waals surface area contributed by atoms with E-state index < -0.39 is 54.4 Å². The van der Waals surface area contributed by atoms with Gasteiger partial charge in [0, 0.05) is 19.1 Å². The molecule has 3 N–H and O–H groups in total. The molecule has 0 aliphatic rings. The standard InChI is InChI=1S/C18H31N3O7S/c1-10(2)27-16(24)8-21(12(5)22)17(25)14(9-29)20-15(23)7-6-13(19)18(26)28-11(3)4/h10-11,13-14,29H,6-9,19H2,1-5H3,(H,20,23). The Hall–Kier alpha value is -2.14. The Labute approximate surface area is 176 Å². The zero-order valence-electron chi connectivity index (χ0n) is 17.5. The van der Waals surface area contributed by atoms with E-state index in [9.17, 15) is 24.0 Å². The average molecular weight is 434 g/mol. The Bertz CT molecular complexity index is 610. The van der Waals surface area contributed by atoms with Crippen LogP contribution < -0.4 is 11.1 Å². The fraction of sp³-hybridized carbons (Fsp3) is 0.722. The van der Waals surface area contributed by atoms with Crippen LogP contribution in [0.25, 0.3) is 0 Å². The van der Waals surface area contributed by atoms with Crippen molar-refractivity contribution in [2.45, 2.75) is 71.8 Å². The lowest BCUT2D eigenvalue weighted by molar-refractivity contribution is -0.157. The molecule has 0 saturated heterocycles. The minimum atomic E-state index is -1.14. The number of amides is 3. The van der Waals surface area contributed by atoms with Gasteiger partial charge in [-0.15, -0.1) is 0 Å². The number of esters is 2. The van der Waals surface area contributed by atoms with Gasteiger partial charge in [0.25, 0.3) is 5.91 Å². The number of hydrogen-bond donors (Lipinski definition) is 3. The average Bonchev–Trinajstić information content (AvgIpc) is 2.60. The molecular weight excluding hydrogens is 402 g/mol. The van der Waals surface area contributed by atoms with Crippen molar-refractivity contribution in [3.63, 3.8) is 0 Å². The second-order valence-electron chi connectivity index (χ2n) is 6.92. The number of carbonyl (C=O) groups excluding carboxylic acids is 5. The summed E-state index contributed by atoms with van der Waals surface area (Å²) in [5.74, 6) is -3.49. The molecule has 29 heavy (non-hydrogen) atoms. The first-order valence-corrected chi connectivity index (χ1v) is 9.89. The SMILES string of the molecule is CC(=O)N(CC(=O)OC(C)C)C(=O)C(CS)NC(=O)CCC(N)C(=O)OC(C)C. The van der Waals surface area contributed by atoms with E-state index in [-0.39, 0.29) is 24.7 Å². The molecule has 2 unspecified atom stereocenters. The zero-order valence-corrected chi connectivity index (χ0v) is 18.4. The lowest BCUT2D eigenvalue weighted by Crippen LogP contribution is -2.52. The van der Waals surface area contributed by atoms with Gasteiger partial charge < -0.3 is 20.5 Å². The maximum atomic E-state index is 12.6. The molecule has 2 atom stereocenters. The predicted molar refractivity (Wildman–Crippen MR) is 108 cm³/mol. The summed E-state index contributed by atoms with van der Waals surface area (Å²) in [5.41, 5.74) is 5.68. The highest BCUT2D eigenvalue weighted by atomic mass is 32.1. The van der Waals surface area contributed by atoms with E-state index in [1.54, 1.807) is 27.7 Å². The quantitative estimate of drug-likeness (QED) is 0.300. The molecule has 0 bridgehead atoms. The summed E-state index contributed by atoms with van der Waals surface area (Å²) >= 11 is 4.03. The largest absolute Gasteiger partial charge is 0.462 e. The third-order valence-corrected chi connectivity index (χ3v) is 3.82. The number of hydrogen-bond acceptors (Lipinski definition) is 9. The first-order valence-electron chi connectivity index (χ1n) is 9.26. The Morgan fingerprint density at radius 3 is 2.03 bits per heavy atom. The van der Waals surface area contributed by atoms with E-state index in [0.717, 1.165) is 6.92 Å². The number of rotatable bonds is 11. The number of nitrogens with zero attached hydrogens (tertiary/aromatic N) is 1. The summed E-state index contributed by atoms with van der Waals surface area (Å²) in [6.07, 6.45) is -0.851. The van der Waals surface area contributed by atoms with Crippen LogP contribution in [0.1, 0.15) is 47.5 Å². The second kappa shape index (κ2) is 13.2. The van der Waals surface area contributed by atoms with Gasteiger partial charge >= 0.3 is 11.9 Å². The summed E-state index contributed by atoms with van der Waals surface area (Å²) in [4.78, 5) is 60.6. The van der Waals surface area contributed by atoms with Crippen molar-refractivity contribution in [2.24, 2.45) is 5.73 Å². The van der Waals surface area contributed by atoms with E-state index in [0.29, 0.717) is 4.90 Å². The van der Waals surface area contributed by atoms with E-state index >= 15 is 0 Å². The highest BCUT2D eigenvalue weighted by Gasteiger charge is 2.30. The molecule has 11 heteroatoms. The van der Waals surface area contributed by atoms with Crippen molar-refractivity contribution in [3.05, 3.63) is 0 Å². The number of nitrogens with two attached hydrogens (primary N) is 1. The molecule has 0 spiro atoms. The van der Waals surface area contributed by atoms with Crippen LogP contribution in [0.2, 0.25) is 0 Å². The summed E-state index contributed by atoms with van der Waals surface area (Å²) in [7, 11) is 0. The van der Waals surface area contributed by atoms with Gasteiger partial charge in [-0.1, -0.05) is 0 Å². The smallest absolute Gasteiger partial charge is 0.326 e. The van der Waals surface area contributed by atoms with Crippen molar-refractivity contribution in [1.29, 1.82) is 0 Å². The van der Waals surface area contributed by atoms with Crippen molar-refractivity contribution < 1.29 is 33.4 Å². The van der Waals surface area contributed by atoms with Gasteiger partial charge in [-0.2, -0.15) is 12.6 Å². The van der Waals surface area contributed by atoms with Crippen LogP contribution in [0.15, 0.2) is 0 Å². The van der Waals surface area contributed by atoms with Crippen molar-refractivity contribution in [1.82, 2.24) is 10.2 Å². The van der Waals surface area contributed by atoms with Crippen LogP contribution in [-0.2, 0) is 33.4 Å². The van der Waals surface area contributed by atoms with Gasteiger partial charge in [0.05, 0.1) is 12.2 Å². The summed E-state index contributed by atoms with van der Waals surface area (Å²) < 4.78 is 9.90. The molecule has 10 nitrogen and oxygen atoms in total. The van der Waals surface area contributed by atoms with Crippen LogP contribution in [0, 0.1) is 0 Å². The van der Waals surface area contributed by atoms with Crippen molar-refractivity contribution >= 4 is 42.3 Å². The van der Waals surface area contributed by atoms with Crippen LogP contribution in [0.4, 0.5) is 0 Å². The third-order valence-electron chi connectivity index (χ3n) is 3.45. The number of imide groups is 1. The van der Waals surface area contributed by atoms with Gasteiger partial charge in [0.1, 0.15) is 18.6 Å². The maximum Gasteiger partial charge on any atom is 0.326 e. The Morgan fingerprint density at radius 1 is 1.03 bits per heavy atom. The fourth-order valence-electron chi connectivity index (χ4n) is 2.14. The van der Waals surface area contributed by atoms with Crippen LogP contribution >= 0.6 is 12.6 Å². The van der Waals surface area contributed by atoms with E-state index in [4.69, 9.17) is 15.2 Å². The van der Waals surface area contributed by atoms with E-state index in [1.165, 1.54) is 0 Å². The van der Waals surface area contributed by atoms with Gasteiger partial charge in [0.15, 0.2) is 0 Å².